The van der Waals surface area contributed by atoms with E-state index in [1.54, 1.807) is 6.08 Å². The molecule has 2 saturated heterocycles. The minimum atomic E-state index is 0.111. The number of hydrogen-bond donors (Lipinski definition) is 0. The highest BCUT2D eigenvalue weighted by Crippen LogP contribution is 2.21. The molecule has 2 heterocycles. The van der Waals surface area contributed by atoms with Crippen molar-refractivity contribution in [1.29, 1.82) is 0 Å². The third kappa shape index (κ3) is 5.81. The van der Waals surface area contributed by atoms with E-state index in [4.69, 9.17) is 9.47 Å². The van der Waals surface area contributed by atoms with Crippen molar-refractivity contribution in [3.8, 4) is 0 Å². The summed E-state index contributed by atoms with van der Waals surface area (Å²) in [5, 5.41) is 0. The summed E-state index contributed by atoms with van der Waals surface area (Å²) in [6.07, 6.45) is 14.4. The van der Waals surface area contributed by atoms with E-state index in [1.807, 2.05) is 29.2 Å². The van der Waals surface area contributed by atoms with Gasteiger partial charge in [0.2, 0.25) is 12.7 Å². The Labute approximate surface area is 138 Å². The van der Waals surface area contributed by atoms with Crippen LogP contribution in [0.4, 0.5) is 0 Å². The lowest BCUT2D eigenvalue weighted by Crippen LogP contribution is -2.34. The molecular formula is C19H25NO3. The van der Waals surface area contributed by atoms with Gasteiger partial charge in [-0.25, -0.2) is 0 Å². The van der Waals surface area contributed by atoms with Gasteiger partial charge in [0.15, 0.2) is 11.5 Å². The normalized spacial score (nSPS) is 20.3. The maximum atomic E-state index is 11.9. The standard InChI is InChI=1S/C19H25NO3/c1-16(14-18-17(2)22-15-23-18)10-6-3-4-7-11-19(21)20-12-8-5-9-13-20/h3-4,7,11,14H,1-2,5-6,8-10,12-13,15H2/b4-3+,11-7+,18-14+. The Morgan fingerprint density at radius 1 is 1.17 bits per heavy atom. The van der Waals surface area contributed by atoms with Gasteiger partial charge in [-0.15, -0.1) is 0 Å². The minimum Gasteiger partial charge on any atom is -0.454 e. The third-order valence-electron chi connectivity index (χ3n) is 3.84. The van der Waals surface area contributed by atoms with Crippen LogP contribution >= 0.6 is 0 Å². The summed E-state index contributed by atoms with van der Waals surface area (Å²) in [7, 11) is 0. The predicted octanol–water partition coefficient (Wildman–Crippen LogP) is 3.85. The van der Waals surface area contributed by atoms with Crippen molar-refractivity contribution in [1.82, 2.24) is 4.90 Å². The van der Waals surface area contributed by atoms with Gasteiger partial charge < -0.3 is 14.4 Å². The number of likely N-dealkylation sites (tertiary alicyclic amines) is 1. The number of allylic oxidation sites excluding steroid dienone is 5. The van der Waals surface area contributed by atoms with Crippen LogP contribution in [0.1, 0.15) is 32.1 Å². The summed E-state index contributed by atoms with van der Waals surface area (Å²) in [6, 6.07) is 0. The van der Waals surface area contributed by atoms with Crippen LogP contribution in [0.25, 0.3) is 0 Å². The van der Waals surface area contributed by atoms with Crippen molar-refractivity contribution in [2.24, 2.45) is 0 Å². The van der Waals surface area contributed by atoms with Gasteiger partial charge in [0.1, 0.15) is 0 Å². The van der Waals surface area contributed by atoms with E-state index in [-0.39, 0.29) is 12.7 Å². The predicted molar refractivity (Wildman–Crippen MR) is 91.3 cm³/mol. The highest BCUT2D eigenvalue weighted by molar-refractivity contribution is 5.87. The van der Waals surface area contributed by atoms with Crippen LogP contribution in [-0.4, -0.2) is 30.7 Å². The first-order chi connectivity index (χ1) is 11.2. The average molecular weight is 315 g/mol. The van der Waals surface area contributed by atoms with Gasteiger partial charge >= 0.3 is 0 Å². The number of piperidine rings is 1. The fourth-order valence-corrected chi connectivity index (χ4v) is 2.50. The lowest BCUT2D eigenvalue weighted by Gasteiger charge is -2.25. The minimum absolute atomic E-state index is 0.111. The average Bonchev–Trinajstić information content (AvgIpc) is 2.96. The molecule has 2 aliphatic rings. The van der Waals surface area contributed by atoms with Gasteiger partial charge in [-0.1, -0.05) is 37.0 Å². The molecule has 0 N–H and O–H groups in total. The summed E-state index contributed by atoms with van der Waals surface area (Å²) < 4.78 is 10.4. The first-order valence-electron chi connectivity index (χ1n) is 8.13. The zero-order valence-electron chi connectivity index (χ0n) is 13.6. The van der Waals surface area contributed by atoms with Crippen molar-refractivity contribution in [2.75, 3.05) is 19.9 Å². The Kier molecular flexibility index (Phi) is 6.73. The lowest BCUT2D eigenvalue weighted by molar-refractivity contribution is -0.126. The molecule has 0 aromatic heterocycles. The van der Waals surface area contributed by atoms with Gasteiger partial charge in [0.05, 0.1) is 0 Å². The Morgan fingerprint density at radius 3 is 2.65 bits per heavy atom. The van der Waals surface area contributed by atoms with Gasteiger partial charge in [-0.3, -0.25) is 4.79 Å². The summed E-state index contributed by atoms with van der Waals surface area (Å²) in [4.78, 5) is 13.8. The Morgan fingerprint density at radius 2 is 1.96 bits per heavy atom. The maximum Gasteiger partial charge on any atom is 0.246 e. The summed E-state index contributed by atoms with van der Waals surface area (Å²) in [5.41, 5.74) is 0.963. The second-order valence-electron chi connectivity index (χ2n) is 5.71. The molecule has 2 aliphatic heterocycles. The van der Waals surface area contributed by atoms with Gasteiger partial charge in [-0.05, 0) is 38.2 Å². The van der Waals surface area contributed by atoms with E-state index >= 15 is 0 Å². The Balaban J connectivity index is 1.66. The SMILES string of the molecule is C=C(/C=C1/OCOC1=C)CC/C=C/C=C/C(=O)N1CCCCC1. The van der Waals surface area contributed by atoms with E-state index in [0.717, 1.165) is 44.3 Å². The van der Waals surface area contributed by atoms with Crippen LogP contribution in [0.5, 0.6) is 0 Å². The highest BCUT2D eigenvalue weighted by Gasteiger charge is 2.14. The van der Waals surface area contributed by atoms with Crippen LogP contribution in [0.2, 0.25) is 0 Å². The topological polar surface area (TPSA) is 38.8 Å². The fraction of sp³-hybridized carbons (Fsp3) is 0.421. The number of rotatable bonds is 6. The number of nitrogens with zero attached hydrogens (tertiary/aromatic N) is 1. The zero-order valence-corrected chi connectivity index (χ0v) is 13.6. The number of amides is 1. The molecule has 124 valence electrons. The molecule has 0 unspecified atom stereocenters. The van der Waals surface area contributed by atoms with E-state index in [0.29, 0.717) is 11.5 Å². The van der Waals surface area contributed by atoms with E-state index < -0.39 is 0 Å². The Hall–Kier alpha value is -2.23. The molecule has 0 aliphatic carbocycles. The highest BCUT2D eigenvalue weighted by atomic mass is 16.7. The molecule has 0 aromatic carbocycles. The van der Waals surface area contributed by atoms with E-state index in [2.05, 4.69) is 13.2 Å². The van der Waals surface area contributed by atoms with Gasteiger partial charge in [0.25, 0.3) is 0 Å². The molecule has 0 radical (unpaired) electrons. The van der Waals surface area contributed by atoms with Gasteiger partial charge in [0, 0.05) is 19.2 Å². The van der Waals surface area contributed by atoms with Crippen LogP contribution < -0.4 is 0 Å². The second kappa shape index (κ2) is 9.03. The van der Waals surface area contributed by atoms with E-state index in [9.17, 15) is 4.79 Å². The summed E-state index contributed by atoms with van der Waals surface area (Å²) in [5.74, 6) is 1.33. The maximum absolute atomic E-state index is 11.9. The van der Waals surface area contributed by atoms with Crippen molar-refractivity contribution in [3.63, 3.8) is 0 Å². The number of carbonyl (C=O) groups excluding carboxylic acids is 1. The second-order valence-corrected chi connectivity index (χ2v) is 5.71. The number of hydrogen-bond acceptors (Lipinski definition) is 3. The molecule has 1 amide bonds. The van der Waals surface area contributed by atoms with E-state index in [1.165, 1.54) is 6.42 Å². The van der Waals surface area contributed by atoms with Crippen molar-refractivity contribution < 1.29 is 14.3 Å². The number of carbonyl (C=O) groups is 1. The van der Waals surface area contributed by atoms with Gasteiger partial charge in [-0.2, -0.15) is 0 Å². The fourth-order valence-electron chi connectivity index (χ4n) is 2.50. The first kappa shape index (κ1) is 17.1. The molecule has 4 nitrogen and oxygen atoms in total. The Bertz CT molecular complexity index is 537. The molecular weight excluding hydrogens is 290 g/mol. The first-order valence-corrected chi connectivity index (χ1v) is 8.13. The van der Waals surface area contributed by atoms with Crippen LogP contribution in [-0.2, 0) is 14.3 Å². The summed E-state index contributed by atoms with van der Waals surface area (Å²) >= 11 is 0. The smallest absolute Gasteiger partial charge is 0.246 e. The summed E-state index contributed by atoms with van der Waals surface area (Å²) in [6.45, 7) is 9.75. The lowest BCUT2D eigenvalue weighted by atomic mass is 10.1. The molecule has 2 fully saturated rings. The largest absolute Gasteiger partial charge is 0.454 e. The van der Waals surface area contributed by atoms with Crippen molar-refractivity contribution >= 4 is 5.91 Å². The zero-order chi connectivity index (χ0) is 16.5. The molecule has 2 rings (SSSR count). The molecule has 4 heteroatoms. The number of ether oxygens (including phenoxy) is 2. The third-order valence-corrected chi connectivity index (χ3v) is 3.84. The van der Waals surface area contributed by atoms with Crippen LogP contribution in [0.3, 0.4) is 0 Å². The molecule has 0 aromatic rings. The van der Waals surface area contributed by atoms with Crippen molar-refractivity contribution in [3.05, 3.63) is 60.6 Å². The monoisotopic (exact) mass is 315 g/mol. The molecule has 0 bridgehead atoms. The molecule has 0 spiro atoms. The van der Waals surface area contributed by atoms with Crippen LogP contribution in [0, 0.1) is 0 Å². The molecule has 0 saturated carbocycles. The quantitative estimate of drug-likeness (QED) is 0.552. The molecule has 23 heavy (non-hydrogen) atoms. The van der Waals surface area contributed by atoms with Crippen molar-refractivity contribution in [2.45, 2.75) is 32.1 Å². The molecule has 0 atom stereocenters. The van der Waals surface area contributed by atoms with Crippen LogP contribution in [0.15, 0.2) is 60.6 Å².